The Bertz CT molecular complexity index is 6130. The SMILES string of the molecule is CC(C)(C)C(=O)OCn1ccc2c(-c3cnn(C(CC#N)C4CCCC4)c3)ncnc21.CC(C)(C)C(=O)OCn1ccc2c(-c3cnn([C@H](CC#N)C4CCCC4)c3)ncnc21.CC(C)(C)C(=O)OCn1ccc2c(-c3cnn([C@H](CC#N)C4CCCC4)c3)ncnc21.O=C(O[C@H](C(=O)O)[C@H](OC(=O)c1ccccc1)C(=O)O)c1ccccc1.O=C(O[C@H](C(=O)O)[C@H](OC(=O)c1ccccc1)C(=O)O)c1ccccc1. The van der Waals surface area contributed by atoms with E-state index < -0.39 is 88.4 Å². The van der Waals surface area contributed by atoms with Crippen LogP contribution in [0.2, 0.25) is 0 Å². The predicted octanol–water partition coefficient (Wildman–Crippen LogP) is 16.7. The van der Waals surface area contributed by atoms with Gasteiger partial charge < -0.3 is 53.6 Å². The molecule has 0 saturated heterocycles. The molecule has 40 heteroatoms. The number of aliphatic carboxylic acids is 4. The van der Waals surface area contributed by atoms with Crippen molar-refractivity contribution in [1.29, 1.82) is 15.8 Å². The summed E-state index contributed by atoms with van der Waals surface area (Å²) in [7, 11) is 0. The summed E-state index contributed by atoms with van der Waals surface area (Å²) in [6, 6.07) is 42.7. The second kappa shape index (κ2) is 49.4. The molecule has 9 heterocycles. The lowest BCUT2D eigenvalue weighted by Gasteiger charge is -2.21. The Morgan fingerprint density at radius 3 is 0.759 bits per heavy atom. The fourth-order valence-electron chi connectivity index (χ4n) is 16.7. The van der Waals surface area contributed by atoms with Gasteiger partial charge in [0.1, 0.15) is 35.9 Å². The zero-order valence-electron chi connectivity index (χ0n) is 81.4. The molecule has 9 aromatic heterocycles. The predicted molar refractivity (Wildman–Crippen MR) is 520 cm³/mol. The van der Waals surface area contributed by atoms with Crippen molar-refractivity contribution < 1.29 is 106 Å². The molecule has 0 spiro atoms. The number of ether oxygens (including phenoxy) is 7. The van der Waals surface area contributed by atoms with Gasteiger partial charge in [-0.15, -0.1) is 0 Å². The number of rotatable bonds is 32. The van der Waals surface area contributed by atoms with Crippen LogP contribution in [0.25, 0.3) is 66.9 Å². The van der Waals surface area contributed by atoms with Crippen molar-refractivity contribution in [3.05, 3.63) is 237 Å². The summed E-state index contributed by atoms with van der Waals surface area (Å²) >= 11 is 0. The number of benzene rings is 4. The monoisotopic (exact) mass is 1980 g/mol. The van der Waals surface area contributed by atoms with Crippen LogP contribution in [0.15, 0.2) is 214 Å². The molecule has 3 fully saturated rings. The Kier molecular flexibility index (Phi) is 36.4. The van der Waals surface area contributed by atoms with Gasteiger partial charge in [-0.1, -0.05) is 111 Å². The second-order valence-corrected chi connectivity index (χ2v) is 37.8. The fourth-order valence-corrected chi connectivity index (χ4v) is 16.7. The summed E-state index contributed by atoms with van der Waals surface area (Å²) in [5.74, 6) is -10.6. The molecule has 3 aliphatic rings. The number of carboxylic acid groups (broad SMARTS) is 4. The first-order chi connectivity index (χ1) is 69.4. The quantitative estimate of drug-likeness (QED) is 0.0225. The number of fused-ring (bicyclic) bond motifs is 3. The van der Waals surface area contributed by atoms with Crippen molar-refractivity contribution in [2.75, 3.05) is 0 Å². The number of nitrogens with zero attached hydrogens (tertiary/aromatic N) is 18. The maximum absolute atomic E-state index is 12.1. The fraction of sp³-hybridized carbons (Fsp3) is 0.381. The topological polar surface area (TPSA) is 550 Å². The Hall–Kier alpha value is -17.0. The van der Waals surface area contributed by atoms with Gasteiger partial charge in [0, 0.05) is 70.0 Å². The smallest absolute Gasteiger partial charge is 0.349 e. The highest BCUT2D eigenvalue weighted by molar-refractivity contribution is 5.98. The summed E-state index contributed by atoms with van der Waals surface area (Å²) in [5.41, 5.74) is 5.51. The molecule has 0 bridgehead atoms. The first kappa shape index (κ1) is 107. The van der Waals surface area contributed by atoms with E-state index in [0.29, 0.717) is 54.0 Å². The highest BCUT2D eigenvalue weighted by atomic mass is 16.6. The molecule has 4 N–H and O–H groups in total. The standard InChI is InChI=1S/3C23H28N6O2.2C18H14O8/c3*1-23(2,3)22(30)31-15-28-11-9-18-20(25-14-26-21(18)28)17-12-27-29(13-17)19(8-10-24)16-6-4-5-7-16;2*19-15(20)13(25-17(23)11-7-3-1-4-8-11)14(16(21)22)26-18(24)12-9-5-2-6-10-12/h3*9,11-14,16,19H,4-8,15H2,1-3H3;2*1-10,13-14H,(H,19,20)(H,21,22)/t2*19-;;2*13-,14-/m11.00/s1. The molecule has 0 amide bonds. The van der Waals surface area contributed by atoms with E-state index in [-0.39, 0.29) is 78.5 Å². The molecule has 145 heavy (non-hydrogen) atoms. The summed E-state index contributed by atoms with van der Waals surface area (Å²) in [6.07, 6.45) is 28.2. The first-order valence-corrected chi connectivity index (χ1v) is 47.1. The Morgan fingerprint density at radius 1 is 0.338 bits per heavy atom. The maximum Gasteiger partial charge on any atom is 0.349 e. The Balaban J connectivity index is 0.000000162. The van der Waals surface area contributed by atoms with E-state index in [1.807, 2.05) is 132 Å². The van der Waals surface area contributed by atoms with Crippen molar-refractivity contribution in [2.24, 2.45) is 34.0 Å². The van der Waals surface area contributed by atoms with Gasteiger partial charge in [0.05, 0.1) is 130 Å². The van der Waals surface area contributed by atoms with E-state index in [2.05, 4.69) is 63.4 Å². The molecule has 13 aromatic rings. The lowest BCUT2D eigenvalue weighted by atomic mass is 9.96. The van der Waals surface area contributed by atoms with E-state index >= 15 is 0 Å². The lowest BCUT2D eigenvalue weighted by molar-refractivity contribution is -0.166. The number of aromatic nitrogens is 15. The van der Waals surface area contributed by atoms with Crippen molar-refractivity contribution in [3.63, 3.8) is 0 Å². The van der Waals surface area contributed by atoms with Crippen LogP contribution in [0.4, 0.5) is 0 Å². The van der Waals surface area contributed by atoms with Crippen LogP contribution in [0.1, 0.15) is 218 Å². The van der Waals surface area contributed by atoms with Gasteiger partial charge in [0.15, 0.2) is 20.2 Å². The Labute approximate surface area is 833 Å². The molecule has 3 saturated carbocycles. The lowest BCUT2D eigenvalue weighted by Crippen LogP contribution is -2.45. The van der Waals surface area contributed by atoms with Gasteiger partial charge in [0.2, 0.25) is 24.4 Å². The van der Waals surface area contributed by atoms with Crippen LogP contribution in [-0.4, -0.2) is 183 Å². The summed E-state index contributed by atoms with van der Waals surface area (Å²) in [5, 5.41) is 81.3. The number of esters is 7. The summed E-state index contributed by atoms with van der Waals surface area (Å²) in [6.45, 7) is 16.7. The Morgan fingerprint density at radius 2 is 0.559 bits per heavy atom. The van der Waals surface area contributed by atoms with Crippen LogP contribution in [-0.2, 0) is 86.9 Å². The van der Waals surface area contributed by atoms with Crippen molar-refractivity contribution in [3.8, 4) is 52.0 Å². The number of nitriles is 3. The third-order valence-electron chi connectivity index (χ3n) is 24.4. The minimum atomic E-state index is -2.21. The van der Waals surface area contributed by atoms with Crippen LogP contribution >= 0.6 is 0 Å². The van der Waals surface area contributed by atoms with E-state index in [1.165, 1.54) is 155 Å². The molecule has 16 rings (SSSR count). The zero-order valence-corrected chi connectivity index (χ0v) is 81.4. The van der Waals surface area contributed by atoms with E-state index in [9.17, 15) is 89.0 Å². The minimum Gasteiger partial charge on any atom is -0.478 e. The third-order valence-corrected chi connectivity index (χ3v) is 24.4. The summed E-state index contributed by atoms with van der Waals surface area (Å²) < 4.78 is 46.6. The molecule has 0 aliphatic heterocycles. The third kappa shape index (κ3) is 28.0. The highest BCUT2D eigenvalue weighted by Crippen LogP contribution is 2.41. The van der Waals surface area contributed by atoms with Crippen molar-refractivity contribution in [1.82, 2.24) is 72.9 Å². The minimum absolute atomic E-state index is 0.0253. The molecule has 1 unspecified atom stereocenters. The largest absolute Gasteiger partial charge is 0.478 e. The van der Waals surface area contributed by atoms with E-state index in [1.54, 1.807) is 56.6 Å². The van der Waals surface area contributed by atoms with E-state index in [4.69, 9.17) is 33.2 Å². The number of carbonyl (C=O) groups is 11. The number of hydrogen-bond acceptors (Lipinski definition) is 30. The number of carboxylic acids is 4. The molecule has 4 aromatic carbocycles. The molecule has 754 valence electrons. The molecule has 40 nitrogen and oxygen atoms in total. The maximum atomic E-state index is 12.1. The average Bonchev–Trinajstić information content (AvgIpc) is 1.64. The first-order valence-electron chi connectivity index (χ1n) is 47.1. The number of carbonyl (C=O) groups excluding carboxylic acids is 7. The van der Waals surface area contributed by atoms with E-state index in [0.717, 1.165) is 88.5 Å². The average molecular weight is 1980 g/mol. The highest BCUT2D eigenvalue weighted by Gasteiger charge is 2.44. The van der Waals surface area contributed by atoms with Crippen molar-refractivity contribution in [2.45, 2.75) is 221 Å². The zero-order chi connectivity index (χ0) is 104. The normalized spacial score (nSPS) is 14.6. The van der Waals surface area contributed by atoms with Gasteiger partial charge in [-0.05, 0) is 185 Å². The molecular weight excluding hydrogens is 1870 g/mol. The van der Waals surface area contributed by atoms with Crippen LogP contribution < -0.4 is 0 Å². The van der Waals surface area contributed by atoms with Crippen molar-refractivity contribution >= 4 is 98.8 Å². The molecule has 0 radical (unpaired) electrons. The molecular formula is C105H112N18O22. The molecule has 7 atom stereocenters. The van der Waals surface area contributed by atoms with Crippen LogP contribution in [0, 0.1) is 68.0 Å². The van der Waals surface area contributed by atoms with Crippen LogP contribution in [0.5, 0.6) is 0 Å². The second-order valence-electron chi connectivity index (χ2n) is 37.8. The van der Waals surface area contributed by atoms with Gasteiger partial charge in [-0.25, -0.2) is 68.3 Å². The van der Waals surface area contributed by atoms with Gasteiger partial charge in [0.25, 0.3) is 0 Å². The number of hydrogen-bond donors (Lipinski definition) is 4. The van der Waals surface area contributed by atoms with Gasteiger partial charge >= 0.3 is 65.7 Å². The van der Waals surface area contributed by atoms with Gasteiger partial charge in [-0.2, -0.15) is 31.1 Å². The van der Waals surface area contributed by atoms with Crippen LogP contribution in [0.3, 0.4) is 0 Å². The molecule has 3 aliphatic carbocycles. The summed E-state index contributed by atoms with van der Waals surface area (Å²) in [4.78, 5) is 157. The van der Waals surface area contributed by atoms with Gasteiger partial charge in [-0.3, -0.25) is 42.1 Å².